The van der Waals surface area contributed by atoms with Gasteiger partial charge in [-0.3, -0.25) is 0 Å². The van der Waals surface area contributed by atoms with Gasteiger partial charge in [0.25, 0.3) is 0 Å². The van der Waals surface area contributed by atoms with Gasteiger partial charge in [-0.05, 0) is 26.7 Å². The molecular weight excluding hydrogens is 220 g/mol. The molecule has 0 spiro atoms. The zero-order valence-corrected chi connectivity index (χ0v) is 13.3. The monoisotopic (exact) mass is 248 g/mol. The van der Waals surface area contributed by atoms with Crippen molar-refractivity contribution < 1.29 is 13.3 Å². The van der Waals surface area contributed by atoms with Crippen LogP contribution in [0.5, 0.6) is 0 Å². The quantitative estimate of drug-likeness (QED) is 0.697. The van der Waals surface area contributed by atoms with Crippen LogP contribution in [0, 0.1) is 5.92 Å². The molecule has 0 aliphatic heterocycles. The van der Waals surface area contributed by atoms with E-state index in [1.807, 2.05) is 20.8 Å². The molecule has 4 heteroatoms. The van der Waals surface area contributed by atoms with E-state index in [9.17, 15) is 0 Å². The molecule has 0 N–H and O–H groups in total. The summed E-state index contributed by atoms with van der Waals surface area (Å²) in [5, 5.41) is -0.107. The lowest BCUT2D eigenvalue weighted by atomic mass is 9.99. The second kappa shape index (κ2) is 5.17. The molecule has 0 radical (unpaired) electrons. The van der Waals surface area contributed by atoms with Gasteiger partial charge in [-0.25, -0.2) is 0 Å². The van der Waals surface area contributed by atoms with Crippen LogP contribution in [0.15, 0.2) is 0 Å². The summed E-state index contributed by atoms with van der Waals surface area (Å²) in [7, 11) is 0.703. The van der Waals surface area contributed by atoms with Crippen molar-refractivity contribution in [3.05, 3.63) is 0 Å². The van der Waals surface area contributed by atoms with Crippen LogP contribution in [0.25, 0.3) is 0 Å². The summed E-state index contributed by atoms with van der Waals surface area (Å²) in [6.45, 7) is 14.7. The first-order chi connectivity index (χ1) is 7.02. The SMILES string of the molecule is CO[Si](OC)(OC(C)(C)C)C(C)(C)C(C)C. The van der Waals surface area contributed by atoms with Gasteiger partial charge in [0.15, 0.2) is 0 Å². The molecule has 0 saturated heterocycles. The Morgan fingerprint density at radius 1 is 0.875 bits per heavy atom. The molecule has 0 bridgehead atoms. The van der Waals surface area contributed by atoms with Gasteiger partial charge in [-0.1, -0.05) is 27.7 Å². The summed E-state index contributed by atoms with van der Waals surface area (Å²) in [5.74, 6) is 0.432. The first-order valence-electron chi connectivity index (χ1n) is 5.83. The highest BCUT2D eigenvalue weighted by atomic mass is 28.4. The van der Waals surface area contributed by atoms with E-state index >= 15 is 0 Å². The van der Waals surface area contributed by atoms with Crippen LogP contribution >= 0.6 is 0 Å². The molecule has 0 fully saturated rings. The number of hydrogen-bond donors (Lipinski definition) is 0. The molecule has 98 valence electrons. The van der Waals surface area contributed by atoms with E-state index in [1.165, 1.54) is 0 Å². The molecule has 0 aromatic rings. The minimum atomic E-state index is -2.67. The van der Waals surface area contributed by atoms with E-state index in [2.05, 4.69) is 27.7 Å². The average Bonchev–Trinajstić information content (AvgIpc) is 2.12. The lowest BCUT2D eigenvalue weighted by Gasteiger charge is -2.45. The topological polar surface area (TPSA) is 27.7 Å². The fourth-order valence-corrected chi connectivity index (χ4v) is 4.74. The maximum atomic E-state index is 6.14. The molecule has 0 heterocycles. The van der Waals surface area contributed by atoms with Crippen molar-refractivity contribution in [2.24, 2.45) is 5.92 Å². The predicted octanol–water partition coefficient (Wildman–Crippen LogP) is 3.47. The molecule has 0 aromatic heterocycles. The zero-order valence-electron chi connectivity index (χ0n) is 12.3. The first-order valence-corrected chi connectivity index (χ1v) is 7.55. The van der Waals surface area contributed by atoms with E-state index in [0.717, 1.165) is 0 Å². The third-order valence-electron chi connectivity index (χ3n) is 3.21. The fraction of sp³-hybridized carbons (Fsp3) is 1.00. The molecule has 0 saturated carbocycles. The van der Waals surface area contributed by atoms with Gasteiger partial charge >= 0.3 is 8.80 Å². The highest BCUT2D eigenvalue weighted by molar-refractivity contribution is 6.64. The second-order valence-corrected chi connectivity index (χ2v) is 9.48. The van der Waals surface area contributed by atoms with E-state index < -0.39 is 8.80 Å². The highest BCUT2D eigenvalue weighted by Gasteiger charge is 2.57. The van der Waals surface area contributed by atoms with Crippen molar-refractivity contribution in [3.8, 4) is 0 Å². The number of rotatable bonds is 5. The third kappa shape index (κ3) is 3.29. The molecule has 0 aromatic carbocycles. The van der Waals surface area contributed by atoms with Gasteiger partial charge in [0, 0.05) is 19.3 Å². The van der Waals surface area contributed by atoms with Gasteiger partial charge in [0.1, 0.15) is 0 Å². The molecule has 0 aliphatic rings. The summed E-state index contributed by atoms with van der Waals surface area (Å²) in [5.41, 5.74) is -0.260. The van der Waals surface area contributed by atoms with Crippen molar-refractivity contribution in [1.82, 2.24) is 0 Å². The Morgan fingerprint density at radius 3 is 1.44 bits per heavy atom. The summed E-state index contributed by atoms with van der Waals surface area (Å²) in [4.78, 5) is 0. The third-order valence-corrected chi connectivity index (χ3v) is 7.32. The highest BCUT2D eigenvalue weighted by Crippen LogP contribution is 2.46. The first kappa shape index (κ1) is 16.1. The van der Waals surface area contributed by atoms with E-state index in [4.69, 9.17) is 13.3 Å². The van der Waals surface area contributed by atoms with Crippen LogP contribution < -0.4 is 0 Å². The van der Waals surface area contributed by atoms with Crippen molar-refractivity contribution >= 4 is 8.80 Å². The van der Waals surface area contributed by atoms with E-state index in [0.29, 0.717) is 5.92 Å². The molecule has 0 unspecified atom stereocenters. The van der Waals surface area contributed by atoms with Gasteiger partial charge < -0.3 is 13.3 Å². The van der Waals surface area contributed by atoms with Crippen molar-refractivity contribution in [1.29, 1.82) is 0 Å². The largest absolute Gasteiger partial charge is 0.507 e. The number of hydrogen-bond acceptors (Lipinski definition) is 3. The smallest absolute Gasteiger partial charge is 0.376 e. The molecule has 3 nitrogen and oxygen atoms in total. The summed E-state index contributed by atoms with van der Waals surface area (Å²) < 4.78 is 17.5. The lowest BCUT2D eigenvalue weighted by Crippen LogP contribution is -2.58. The Labute approximate surface area is 102 Å². The Hall–Kier alpha value is 0.0969. The normalized spacial score (nSPS) is 14.6. The van der Waals surface area contributed by atoms with Crippen LogP contribution in [0.1, 0.15) is 48.5 Å². The average molecular weight is 248 g/mol. The molecule has 0 atom stereocenters. The minimum Gasteiger partial charge on any atom is -0.376 e. The maximum Gasteiger partial charge on any atom is 0.507 e. The fourth-order valence-electron chi connectivity index (χ4n) is 1.58. The van der Waals surface area contributed by atoms with Gasteiger partial charge in [0.05, 0.1) is 5.60 Å². The van der Waals surface area contributed by atoms with Crippen molar-refractivity contribution in [3.63, 3.8) is 0 Å². The van der Waals surface area contributed by atoms with Crippen molar-refractivity contribution in [2.45, 2.75) is 59.1 Å². The Kier molecular flexibility index (Phi) is 5.20. The molecular formula is C12H28O3Si. The Balaban J connectivity index is 5.25. The summed E-state index contributed by atoms with van der Waals surface area (Å²) in [6, 6.07) is 0. The Morgan fingerprint density at radius 2 is 1.25 bits per heavy atom. The molecule has 0 aliphatic carbocycles. The van der Waals surface area contributed by atoms with Crippen LogP contribution in [0.2, 0.25) is 5.04 Å². The van der Waals surface area contributed by atoms with Crippen LogP contribution in [0.4, 0.5) is 0 Å². The molecule has 0 amide bonds. The lowest BCUT2D eigenvalue weighted by molar-refractivity contribution is -0.00569. The van der Waals surface area contributed by atoms with E-state index in [1.54, 1.807) is 14.2 Å². The van der Waals surface area contributed by atoms with Crippen LogP contribution in [-0.2, 0) is 13.3 Å². The summed E-state index contributed by atoms with van der Waals surface area (Å²) >= 11 is 0. The Bertz CT molecular complexity index is 215. The van der Waals surface area contributed by atoms with E-state index in [-0.39, 0.29) is 10.6 Å². The summed E-state index contributed by atoms with van der Waals surface area (Å²) in [6.07, 6.45) is 0. The molecule has 16 heavy (non-hydrogen) atoms. The minimum absolute atomic E-state index is 0.107. The van der Waals surface area contributed by atoms with Crippen LogP contribution in [0.3, 0.4) is 0 Å². The second-order valence-electron chi connectivity index (χ2n) is 6.06. The van der Waals surface area contributed by atoms with Gasteiger partial charge in [0.2, 0.25) is 0 Å². The van der Waals surface area contributed by atoms with Crippen molar-refractivity contribution in [2.75, 3.05) is 14.2 Å². The van der Waals surface area contributed by atoms with Gasteiger partial charge in [-0.2, -0.15) is 0 Å². The van der Waals surface area contributed by atoms with Gasteiger partial charge in [-0.15, -0.1) is 0 Å². The zero-order chi connectivity index (χ0) is 13.2. The molecule has 0 rings (SSSR count). The predicted molar refractivity (Wildman–Crippen MR) is 69.5 cm³/mol. The van der Waals surface area contributed by atoms with Crippen LogP contribution in [-0.4, -0.2) is 28.6 Å². The maximum absolute atomic E-state index is 6.14. The standard InChI is InChI=1S/C12H28O3Si/c1-10(2)12(6,7)16(13-8,14-9)15-11(3,4)5/h10H,1-9H3.